The summed E-state index contributed by atoms with van der Waals surface area (Å²) in [7, 11) is -8.31. The molecule has 0 aromatic heterocycles. The van der Waals surface area contributed by atoms with Crippen molar-refractivity contribution in [2.24, 2.45) is 21.5 Å². The number of anilines is 1. The number of nitrogens with zero attached hydrogens (tertiary/aromatic N) is 3. The topological polar surface area (TPSA) is 169 Å². The van der Waals surface area contributed by atoms with Gasteiger partial charge in [0.05, 0.1) is 10.6 Å². The molecule has 10 nitrogen and oxygen atoms in total. The van der Waals surface area contributed by atoms with Crippen LogP contribution in [0.1, 0.15) is 44.7 Å². The van der Waals surface area contributed by atoms with Gasteiger partial charge in [0.1, 0.15) is 5.66 Å². The summed E-state index contributed by atoms with van der Waals surface area (Å²) in [6, 6.07) is 14.0. The average Bonchev–Trinajstić information content (AvgIpc) is 2.75. The maximum absolute atomic E-state index is 12.9. The summed E-state index contributed by atoms with van der Waals surface area (Å²) in [6.07, 6.45) is 3.54. The molecule has 0 amide bonds. The van der Waals surface area contributed by atoms with Gasteiger partial charge in [-0.2, -0.15) is 21.8 Å². The zero-order chi connectivity index (χ0) is 27.1. The van der Waals surface area contributed by atoms with Crippen LogP contribution in [-0.4, -0.2) is 44.7 Å². The van der Waals surface area contributed by atoms with Gasteiger partial charge >= 0.3 is 10.2 Å². The summed E-state index contributed by atoms with van der Waals surface area (Å²) >= 11 is 0. The summed E-state index contributed by atoms with van der Waals surface area (Å²) in [6.45, 7) is 5.22. The second kappa shape index (κ2) is 11.8. The van der Waals surface area contributed by atoms with Crippen LogP contribution in [0.25, 0.3) is 0 Å². The Bertz CT molecular complexity index is 1320. The molecule has 0 unspecified atom stereocenters. The number of halogens is 1. The highest BCUT2D eigenvalue weighted by Crippen LogP contribution is 2.28. The van der Waals surface area contributed by atoms with E-state index in [9.17, 15) is 20.7 Å². The van der Waals surface area contributed by atoms with E-state index >= 15 is 0 Å². The molecule has 0 spiro atoms. The fraction of sp³-hybridized carbons (Fsp3) is 0.391. The Kier molecular flexibility index (Phi) is 9.57. The molecular weight excluding hydrogens is 509 g/mol. The Balaban J connectivity index is 0.000000678. The van der Waals surface area contributed by atoms with Crippen LogP contribution in [0.4, 0.5) is 9.57 Å². The Morgan fingerprint density at radius 1 is 0.972 bits per heavy atom. The normalized spacial score (nSPS) is 15.4. The first-order valence-corrected chi connectivity index (χ1v) is 14.2. The van der Waals surface area contributed by atoms with Gasteiger partial charge in [-0.3, -0.25) is 9.45 Å². The molecule has 1 aliphatic heterocycles. The first kappa shape index (κ1) is 29.2. The predicted molar refractivity (Wildman–Crippen MR) is 140 cm³/mol. The maximum atomic E-state index is 12.9. The lowest BCUT2D eigenvalue weighted by molar-refractivity contribution is 0.484. The van der Waals surface area contributed by atoms with E-state index in [0.29, 0.717) is 5.96 Å². The van der Waals surface area contributed by atoms with Gasteiger partial charge in [-0.05, 0) is 81.8 Å². The Morgan fingerprint density at radius 2 is 1.53 bits per heavy atom. The van der Waals surface area contributed by atoms with Crippen molar-refractivity contribution >= 4 is 37.9 Å². The summed E-state index contributed by atoms with van der Waals surface area (Å²) in [5.74, 6) is 0.276. The molecule has 2 aromatic carbocycles. The first-order valence-electron chi connectivity index (χ1n) is 11.2. The largest absolute Gasteiger partial charge is 0.369 e. The van der Waals surface area contributed by atoms with Crippen LogP contribution < -0.4 is 16.4 Å². The van der Waals surface area contributed by atoms with Gasteiger partial charge in [0.2, 0.25) is 11.9 Å². The molecule has 198 valence electrons. The van der Waals surface area contributed by atoms with Gasteiger partial charge < -0.3 is 11.5 Å². The minimum atomic E-state index is -4.65. The van der Waals surface area contributed by atoms with Crippen LogP contribution in [0.5, 0.6) is 0 Å². The molecule has 2 aromatic rings. The van der Waals surface area contributed by atoms with Crippen molar-refractivity contribution in [1.82, 2.24) is 0 Å². The summed E-state index contributed by atoms with van der Waals surface area (Å²) in [5, 5.41) is 0. The second-order valence-corrected chi connectivity index (χ2v) is 11.7. The Hall–Kier alpha value is -3.03. The van der Waals surface area contributed by atoms with Crippen molar-refractivity contribution in [2.75, 3.05) is 10.7 Å². The predicted octanol–water partition coefficient (Wildman–Crippen LogP) is 2.99. The van der Waals surface area contributed by atoms with Gasteiger partial charge in [0.25, 0.3) is 10.1 Å². The number of aliphatic imine (C=N–C) groups is 2. The standard InChI is InChI=1S/C21H26FN5O2S.C2H6O3S/c1-21(2)26-19(23)25-20(24)27(21)17-9-5-8-16(14-17)7-4-3-6-15-10-12-18(13-11-15)30(22,28)29;1-2-6(3,4)5/h5,8-14H,3-4,6-7H2,1-2H3,(H4,23,24,25,26);2H2,1H3,(H,3,4,5). The highest BCUT2D eigenvalue weighted by molar-refractivity contribution is 7.86. The third kappa shape index (κ3) is 8.88. The third-order valence-corrected chi connectivity index (χ3v) is 6.88. The van der Waals surface area contributed by atoms with Crippen LogP contribution in [0.3, 0.4) is 0 Å². The van der Waals surface area contributed by atoms with Crippen molar-refractivity contribution in [3.05, 3.63) is 59.7 Å². The molecule has 1 heterocycles. The SMILES string of the molecule is CC1(C)N=C(N)N=C(N)N1c1cccc(CCCCc2ccc(S(=O)(=O)F)cc2)c1.CCS(=O)(=O)O. The van der Waals surface area contributed by atoms with Gasteiger partial charge in [-0.15, -0.1) is 3.89 Å². The van der Waals surface area contributed by atoms with E-state index in [2.05, 4.69) is 22.1 Å². The van der Waals surface area contributed by atoms with E-state index in [0.717, 1.165) is 42.5 Å². The number of benzene rings is 2. The first-order chi connectivity index (χ1) is 16.6. The van der Waals surface area contributed by atoms with Crippen LogP contribution >= 0.6 is 0 Å². The molecule has 3 rings (SSSR count). The zero-order valence-electron chi connectivity index (χ0n) is 20.4. The van der Waals surface area contributed by atoms with Crippen molar-refractivity contribution in [3.63, 3.8) is 0 Å². The average molecular weight is 542 g/mol. The molecule has 0 bridgehead atoms. The van der Waals surface area contributed by atoms with Crippen molar-refractivity contribution in [1.29, 1.82) is 0 Å². The Labute approximate surface area is 211 Å². The van der Waals surface area contributed by atoms with Crippen LogP contribution in [-0.2, 0) is 33.2 Å². The lowest BCUT2D eigenvalue weighted by Crippen LogP contribution is -2.54. The van der Waals surface area contributed by atoms with Crippen molar-refractivity contribution in [2.45, 2.75) is 57.0 Å². The van der Waals surface area contributed by atoms with E-state index in [1.54, 1.807) is 12.1 Å². The van der Waals surface area contributed by atoms with E-state index in [-0.39, 0.29) is 16.6 Å². The van der Waals surface area contributed by atoms with Crippen LogP contribution in [0.2, 0.25) is 0 Å². The van der Waals surface area contributed by atoms with E-state index in [4.69, 9.17) is 16.0 Å². The quantitative estimate of drug-likeness (QED) is 0.260. The number of hydrogen-bond donors (Lipinski definition) is 3. The summed E-state index contributed by atoms with van der Waals surface area (Å²) in [5.41, 5.74) is 14.3. The molecule has 0 saturated heterocycles. The third-order valence-electron chi connectivity index (χ3n) is 5.31. The molecule has 0 saturated carbocycles. The van der Waals surface area contributed by atoms with Crippen molar-refractivity contribution < 1.29 is 25.3 Å². The number of aryl methyl sites for hydroxylation is 2. The highest BCUT2D eigenvalue weighted by atomic mass is 32.3. The highest BCUT2D eigenvalue weighted by Gasteiger charge is 2.32. The van der Waals surface area contributed by atoms with Gasteiger partial charge in [-0.25, -0.2) is 4.99 Å². The zero-order valence-corrected chi connectivity index (χ0v) is 22.1. The molecule has 36 heavy (non-hydrogen) atoms. The smallest absolute Gasteiger partial charge is 0.332 e. The van der Waals surface area contributed by atoms with E-state index in [1.807, 2.05) is 30.9 Å². The Morgan fingerprint density at radius 3 is 2.03 bits per heavy atom. The molecular formula is C23H32FN5O5S2. The molecule has 0 aliphatic carbocycles. The number of guanidine groups is 2. The van der Waals surface area contributed by atoms with Gasteiger partial charge in [-0.1, -0.05) is 24.3 Å². The molecule has 0 atom stereocenters. The van der Waals surface area contributed by atoms with Crippen LogP contribution in [0.15, 0.2) is 63.4 Å². The fourth-order valence-electron chi connectivity index (χ4n) is 3.58. The minimum absolute atomic E-state index is 0.169. The summed E-state index contributed by atoms with van der Waals surface area (Å²) in [4.78, 5) is 10.0. The minimum Gasteiger partial charge on any atom is -0.369 e. The number of hydrogen-bond acceptors (Lipinski definition) is 9. The van der Waals surface area contributed by atoms with Gasteiger partial charge in [0, 0.05) is 5.69 Å². The number of rotatable bonds is 8. The fourth-order valence-corrected chi connectivity index (χ4v) is 4.04. The van der Waals surface area contributed by atoms with Crippen LogP contribution in [0, 0.1) is 0 Å². The lowest BCUT2D eigenvalue weighted by atomic mass is 10.0. The number of unbranched alkanes of at least 4 members (excludes halogenated alkanes) is 1. The lowest BCUT2D eigenvalue weighted by Gasteiger charge is -2.38. The monoisotopic (exact) mass is 541 g/mol. The number of nitrogens with two attached hydrogens (primary N) is 2. The molecule has 13 heteroatoms. The molecule has 1 aliphatic rings. The molecule has 0 radical (unpaired) electrons. The van der Waals surface area contributed by atoms with E-state index < -0.39 is 26.0 Å². The molecule has 0 fully saturated rings. The van der Waals surface area contributed by atoms with E-state index in [1.165, 1.54) is 19.1 Å². The maximum Gasteiger partial charge on any atom is 0.332 e. The van der Waals surface area contributed by atoms with Gasteiger partial charge in [0.15, 0.2) is 0 Å². The summed E-state index contributed by atoms with van der Waals surface area (Å²) < 4.78 is 61.6. The van der Waals surface area contributed by atoms with Crippen molar-refractivity contribution in [3.8, 4) is 0 Å². The molecule has 5 N–H and O–H groups in total. The second-order valence-electron chi connectivity index (χ2n) is 8.60.